The third-order valence-corrected chi connectivity index (χ3v) is 6.88. The molecular weight excluding hydrogens is 530 g/mol. The lowest BCUT2D eigenvalue weighted by Crippen LogP contribution is -2.48. The Morgan fingerprint density at radius 1 is 0.905 bits per heavy atom. The molecule has 1 heterocycles. The fourth-order valence-corrected chi connectivity index (χ4v) is 4.90. The predicted octanol–water partition coefficient (Wildman–Crippen LogP) is 6.25. The van der Waals surface area contributed by atoms with Crippen molar-refractivity contribution >= 4 is 23.0 Å². The Hall–Kier alpha value is -4.30. The Balaban J connectivity index is 1.41. The van der Waals surface area contributed by atoms with Crippen molar-refractivity contribution in [3.8, 4) is 5.75 Å². The summed E-state index contributed by atoms with van der Waals surface area (Å²) in [5, 5.41) is 17.2. The monoisotopic (exact) mass is 571 g/mol. The van der Waals surface area contributed by atoms with Gasteiger partial charge in [0.15, 0.2) is 0 Å². The maximum atomic E-state index is 12.4. The van der Waals surface area contributed by atoms with E-state index in [0.717, 1.165) is 39.8 Å². The molecule has 4 aromatic rings. The van der Waals surface area contributed by atoms with E-state index >= 15 is 0 Å². The predicted molar refractivity (Wildman–Crippen MR) is 165 cm³/mol. The molecule has 0 bridgehead atoms. The number of carbonyl (C=O) groups is 2. The Bertz CT molecular complexity index is 1430. The summed E-state index contributed by atoms with van der Waals surface area (Å²) in [5.74, 6) is -0.0820. The van der Waals surface area contributed by atoms with Crippen LogP contribution in [0.1, 0.15) is 50.3 Å². The number of para-hydroxylation sites is 1. The third-order valence-electron chi connectivity index (χ3n) is 6.88. The van der Waals surface area contributed by atoms with Gasteiger partial charge in [-0.25, -0.2) is 4.79 Å². The van der Waals surface area contributed by atoms with Crippen LogP contribution in [0.25, 0.3) is 10.9 Å². The lowest BCUT2D eigenvalue weighted by Gasteiger charge is -2.26. The highest BCUT2D eigenvalue weighted by Gasteiger charge is 2.22. The Morgan fingerprint density at radius 3 is 2.33 bits per heavy atom. The van der Waals surface area contributed by atoms with Crippen molar-refractivity contribution < 1.29 is 24.2 Å². The molecule has 42 heavy (non-hydrogen) atoms. The summed E-state index contributed by atoms with van der Waals surface area (Å²) in [5.41, 5.74) is 3.68. The first kappa shape index (κ1) is 30.7. The lowest BCUT2D eigenvalue weighted by atomic mass is 9.99. The molecule has 0 fully saturated rings. The second-order valence-corrected chi connectivity index (χ2v) is 11.6. The minimum atomic E-state index is -0.878. The van der Waals surface area contributed by atoms with E-state index < -0.39 is 17.7 Å². The summed E-state index contributed by atoms with van der Waals surface area (Å²) in [4.78, 5) is 27.5. The van der Waals surface area contributed by atoms with Gasteiger partial charge in [-0.05, 0) is 74.9 Å². The molecule has 1 unspecified atom stereocenters. The van der Waals surface area contributed by atoms with Crippen molar-refractivity contribution in [2.24, 2.45) is 0 Å². The number of carboxylic acid groups (broad SMARTS) is 1. The molecule has 4 N–H and O–H groups in total. The molecule has 1 amide bonds. The number of fused-ring (bicyclic) bond motifs is 1. The summed E-state index contributed by atoms with van der Waals surface area (Å²) in [7, 11) is 0. The average Bonchev–Trinajstić information content (AvgIpc) is 3.36. The molecule has 3 aromatic carbocycles. The number of aromatic amines is 1. The minimum Gasteiger partial charge on any atom is -0.489 e. The van der Waals surface area contributed by atoms with Gasteiger partial charge < -0.3 is 30.2 Å². The molecule has 222 valence electrons. The zero-order valence-corrected chi connectivity index (χ0v) is 24.6. The van der Waals surface area contributed by atoms with Crippen molar-refractivity contribution in [1.82, 2.24) is 15.6 Å². The summed E-state index contributed by atoms with van der Waals surface area (Å²) in [6.45, 7) is 6.26. The molecule has 1 aromatic heterocycles. The number of H-pyrrole nitrogens is 1. The molecule has 0 aliphatic carbocycles. The van der Waals surface area contributed by atoms with Crippen LogP contribution >= 0.6 is 0 Å². The van der Waals surface area contributed by atoms with Crippen LogP contribution in [0.4, 0.5) is 4.79 Å². The van der Waals surface area contributed by atoms with E-state index in [-0.39, 0.29) is 18.5 Å². The number of carboxylic acids is 1. The van der Waals surface area contributed by atoms with Crippen molar-refractivity contribution in [3.63, 3.8) is 0 Å². The highest BCUT2D eigenvalue weighted by atomic mass is 16.6. The normalized spacial score (nSPS) is 12.9. The van der Waals surface area contributed by atoms with Gasteiger partial charge in [0.05, 0.1) is 6.42 Å². The lowest BCUT2D eigenvalue weighted by molar-refractivity contribution is -0.137. The van der Waals surface area contributed by atoms with Crippen LogP contribution < -0.4 is 15.4 Å². The van der Waals surface area contributed by atoms with E-state index in [1.807, 2.05) is 106 Å². The fourth-order valence-electron chi connectivity index (χ4n) is 4.90. The molecule has 4 rings (SSSR count). The number of aliphatic carboxylic acids is 1. The molecule has 0 saturated heterocycles. The van der Waals surface area contributed by atoms with Crippen LogP contribution in [0.5, 0.6) is 5.75 Å². The standard InChI is InChI=1S/C34H41N3O5/c1-34(2,3)42-33(40)36-22-27(16-13-24-14-17-29(18-15-24)41-23-25-9-5-4-6-10-25)37-28(20-32(38)39)19-26-21-35-31-12-8-7-11-30(26)31/h4-12,14-15,17-18,21,27-28,35,37H,13,16,19-20,22-23H2,1-3H3,(H,36,40)(H,38,39)/t27?,28-/m0/s1. The summed E-state index contributed by atoms with van der Waals surface area (Å²) >= 11 is 0. The van der Waals surface area contributed by atoms with Gasteiger partial charge in [-0.3, -0.25) is 4.79 Å². The van der Waals surface area contributed by atoms with Gasteiger partial charge in [-0.2, -0.15) is 0 Å². The van der Waals surface area contributed by atoms with Crippen LogP contribution in [0.15, 0.2) is 85.1 Å². The number of hydrogen-bond acceptors (Lipinski definition) is 5. The van der Waals surface area contributed by atoms with E-state index in [1.165, 1.54) is 0 Å². The first-order valence-electron chi connectivity index (χ1n) is 14.4. The Morgan fingerprint density at radius 2 is 1.62 bits per heavy atom. The number of ether oxygens (including phenoxy) is 2. The van der Waals surface area contributed by atoms with Crippen molar-refractivity contribution in [1.29, 1.82) is 0 Å². The molecule has 0 saturated carbocycles. The smallest absolute Gasteiger partial charge is 0.407 e. The summed E-state index contributed by atoms with van der Waals surface area (Å²) in [6, 6.07) is 25.5. The number of aryl methyl sites for hydroxylation is 1. The third kappa shape index (κ3) is 9.96. The zero-order chi connectivity index (χ0) is 30.0. The minimum absolute atomic E-state index is 0.0457. The summed E-state index contributed by atoms with van der Waals surface area (Å²) in [6.07, 6.45) is 3.35. The highest BCUT2D eigenvalue weighted by molar-refractivity contribution is 5.83. The topological polar surface area (TPSA) is 113 Å². The van der Waals surface area contributed by atoms with Crippen LogP contribution in [-0.2, 0) is 29.0 Å². The van der Waals surface area contributed by atoms with Crippen LogP contribution in [0.3, 0.4) is 0 Å². The molecular formula is C34H41N3O5. The quantitative estimate of drug-likeness (QED) is 0.142. The maximum Gasteiger partial charge on any atom is 0.407 e. The van der Waals surface area contributed by atoms with Gasteiger partial charge in [0.25, 0.3) is 0 Å². The number of benzene rings is 3. The number of hydrogen-bond donors (Lipinski definition) is 4. The van der Waals surface area contributed by atoms with Crippen LogP contribution in [-0.4, -0.2) is 46.4 Å². The van der Waals surface area contributed by atoms with E-state index in [0.29, 0.717) is 26.0 Å². The average molecular weight is 572 g/mol. The second-order valence-electron chi connectivity index (χ2n) is 11.6. The van der Waals surface area contributed by atoms with Gasteiger partial charge >= 0.3 is 12.1 Å². The van der Waals surface area contributed by atoms with E-state index in [2.05, 4.69) is 15.6 Å². The van der Waals surface area contributed by atoms with Crippen molar-refractivity contribution in [2.75, 3.05) is 6.54 Å². The van der Waals surface area contributed by atoms with Crippen LogP contribution in [0, 0.1) is 0 Å². The fraction of sp³-hybridized carbons (Fsp3) is 0.353. The molecule has 0 spiro atoms. The molecule has 0 aliphatic heterocycles. The molecule has 8 heteroatoms. The second kappa shape index (κ2) is 14.5. The van der Waals surface area contributed by atoms with E-state index in [4.69, 9.17) is 9.47 Å². The Labute approximate surface area is 247 Å². The van der Waals surface area contributed by atoms with Gasteiger partial charge in [0.2, 0.25) is 0 Å². The van der Waals surface area contributed by atoms with Gasteiger partial charge in [0, 0.05) is 35.7 Å². The number of nitrogens with one attached hydrogen (secondary N) is 3. The number of aromatic nitrogens is 1. The molecule has 8 nitrogen and oxygen atoms in total. The van der Waals surface area contributed by atoms with Gasteiger partial charge in [-0.15, -0.1) is 0 Å². The number of alkyl carbamates (subject to hydrolysis) is 1. The number of amides is 1. The number of carbonyl (C=O) groups excluding carboxylic acids is 1. The summed E-state index contributed by atoms with van der Waals surface area (Å²) < 4.78 is 11.3. The SMILES string of the molecule is CC(C)(C)OC(=O)NCC(CCc1ccc(OCc2ccccc2)cc1)N[C@H](CC(=O)O)Cc1c[nH]c2ccccc12. The van der Waals surface area contributed by atoms with Crippen molar-refractivity contribution in [2.45, 2.75) is 70.7 Å². The van der Waals surface area contributed by atoms with E-state index in [1.54, 1.807) is 0 Å². The van der Waals surface area contributed by atoms with Crippen molar-refractivity contribution in [3.05, 3.63) is 102 Å². The number of rotatable bonds is 14. The highest BCUT2D eigenvalue weighted by Crippen LogP contribution is 2.21. The Kier molecular flexibility index (Phi) is 10.6. The first-order chi connectivity index (χ1) is 20.1. The molecule has 0 aliphatic rings. The molecule has 0 radical (unpaired) electrons. The van der Waals surface area contributed by atoms with Gasteiger partial charge in [-0.1, -0.05) is 60.7 Å². The van der Waals surface area contributed by atoms with Crippen LogP contribution in [0.2, 0.25) is 0 Å². The first-order valence-corrected chi connectivity index (χ1v) is 14.4. The molecule has 2 atom stereocenters. The maximum absolute atomic E-state index is 12.4. The zero-order valence-electron chi connectivity index (χ0n) is 24.6. The van der Waals surface area contributed by atoms with E-state index in [9.17, 15) is 14.7 Å². The largest absolute Gasteiger partial charge is 0.489 e. The van der Waals surface area contributed by atoms with Gasteiger partial charge in [0.1, 0.15) is 18.0 Å².